The van der Waals surface area contributed by atoms with Crippen LogP contribution in [0.3, 0.4) is 0 Å². The summed E-state index contributed by atoms with van der Waals surface area (Å²) in [5.74, 6) is -0.0814. The van der Waals surface area contributed by atoms with Gasteiger partial charge in [0.1, 0.15) is 5.82 Å². The van der Waals surface area contributed by atoms with Crippen molar-refractivity contribution in [3.05, 3.63) is 35.1 Å². The van der Waals surface area contributed by atoms with Gasteiger partial charge in [-0.1, -0.05) is 12.5 Å². The highest BCUT2D eigenvalue weighted by atomic mass is 19.1. The quantitative estimate of drug-likeness (QED) is 0.897. The topological polar surface area (TPSA) is 15.3 Å². The van der Waals surface area contributed by atoms with Gasteiger partial charge in [0.05, 0.1) is 0 Å². The maximum atomic E-state index is 13.4. The van der Waals surface area contributed by atoms with E-state index >= 15 is 0 Å². The standard InChI is InChI=1S/C18H25FN2/c19-14-7-8-15-13(12-14)6-9-17(15)21-11-2-1-5-18(21)16-4-3-10-20-16/h7-8,12,16-18,20H,1-6,9-11H2. The summed E-state index contributed by atoms with van der Waals surface area (Å²) < 4.78 is 13.4. The monoisotopic (exact) mass is 288 g/mol. The molecule has 3 unspecified atom stereocenters. The minimum Gasteiger partial charge on any atom is -0.312 e. The van der Waals surface area contributed by atoms with E-state index in [0.717, 1.165) is 6.42 Å². The molecule has 2 heterocycles. The summed E-state index contributed by atoms with van der Waals surface area (Å²) in [6.45, 7) is 2.39. The maximum absolute atomic E-state index is 13.4. The van der Waals surface area contributed by atoms with Gasteiger partial charge in [-0.2, -0.15) is 0 Å². The molecule has 1 aromatic rings. The molecule has 2 nitrogen and oxygen atoms in total. The Labute approximate surface area is 126 Å². The van der Waals surface area contributed by atoms with Crippen molar-refractivity contribution >= 4 is 0 Å². The average molecular weight is 288 g/mol. The fraction of sp³-hybridized carbons (Fsp3) is 0.667. The Balaban J connectivity index is 1.60. The van der Waals surface area contributed by atoms with E-state index in [1.54, 1.807) is 12.1 Å². The molecule has 21 heavy (non-hydrogen) atoms. The molecule has 0 amide bonds. The Morgan fingerprint density at radius 3 is 2.90 bits per heavy atom. The average Bonchev–Trinajstić information content (AvgIpc) is 3.16. The van der Waals surface area contributed by atoms with Crippen LogP contribution < -0.4 is 5.32 Å². The largest absolute Gasteiger partial charge is 0.312 e. The number of rotatable bonds is 2. The van der Waals surface area contributed by atoms with Crippen LogP contribution in [0.2, 0.25) is 0 Å². The first kappa shape index (κ1) is 13.7. The van der Waals surface area contributed by atoms with Crippen molar-refractivity contribution in [3.8, 4) is 0 Å². The lowest BCUT2D eigenvalue weighted by Crippen LogP contribution is -2.51. The summed E-state index contributed by atoms with van der Waals surface area (Å²) in [6, 6.07) is 7.31. The number of nitrogens with zero attached hydrogens (tertiary/aromatic N) is 1. The third kappa shape index (κ3) is 2.51. The van der Waals surface area contributed by atoms with Crippen molar-refractivity contribution in [2.75, 3.05) is 13.1 Å². The summed E-state index contributed by atoms with van der Waals surface area (Å²) in [5, 5.41) is 3.71. The molecule has 0 spiro atoms. The van der Waals surface area contributed by atoms with Gasteiger partial charge < -0.3 is 5.32 Å². The highest BCUT2D eigenvalue weighted by Gasteiger charge is 2.38. The fourth-order valence-electron chi connectivity index (χ4n) is 4.75. The summed E-state index contributed by atoms with van der Waals surface area (Å²) >= 11 is 0. The van der Waals surface area contributed by atoms with E-state index in [1.807, 2.05) is 6.07 Å². The molecular formula is C18H25FN2. The van der Waals surface area contributed by atoms with Crippen LogP contribution in [0, 0.1) is 5.82 Å². The molecule has 0 bridgehead atoms. The molecule has 1 N–H and O–H groups in total. The highest BCUT2D eigenvalue weighted by molar-refractivity contribution is 5.35. The number of hydrogen-bond donors (Lipinski definition) is 1. The third-order valence-electron chi connectivity index (χ3n) is 5.71. The van der Waals surface area contributed by atoms with Crippen molar-refractivity contribution in [3.63, 3.8) is 0 Å². The fourth-order valence-corrected chi connectivity index (χ4v) is 4.75. The van der Waals surface area contributed by atoms with E-state index < -0.39 is 0 Å². The van der Waals surface area contributed by atoms with E-state index in [2.05, 4.69) is 10.2 Å². The van der Waals surface area contributed by atoms with Gasteiger partial charge in [0.2, 0.25) is 0 Å². The van der Waals surface area contributed by atoms with Crippen LogP contribution in [-0.4, -0.2) is 30.1 Å². The van der Waals surface area contributed by atoms with Crippen LogP contribution in [0.4, 0.5) is 4.39 Å². The maximum Gasteiger partial charge on any atom is 0.123 e. The second-order valence-electron chi connectivity index (χ2n) is 6.90. The lowest BCUT2D eigenvalue weighted by atomic mass is 9.91. The van der Waals surface area contributed by atoms with Gasteiger partial charge in [-0.15, -0.1) is 0 Å². The first-order valence-corrected chi connectivity index (χ1v) is 8.60. The zero-order chi connectivity index (χ0) is 14.2. The molecule has 0 aromatic heterocycles. The summed E-state index contributed by atoms with van der Waals surface area (Å²) in [6.07, 6.45) is 8.86. The Bertz CT molecular complexity index is 510. The van der Waals surface area contributed by atoms with E-state index in [4.69, 9.17) is 0 Å². The second kappa shape index (κ2) is 5.69. The van der Waals surface area contributed by atoms with Crippen molar-refractivity contribution in [1.29, 1.82) is 0 Å². The van der Waals surface area contributed by atoms with Crippen molar-refractivity contribution in [2.24, 2.45) is 0 Å². The molecular weight excluding hydrogens is 263 g/mol. The van der Waals surface area contributed by atoms with E-state index in [0.29, 0.717) is 18.1 Å². The number of halogens is 1. The number of nitrogens with one attached hydrogen (secondary N) is 1. The SMILES string of the molecule is Fc1ccc2c(c1)CCC2N1CCCCC1C1CCCN1. The molecule has 1 aliphatic carbocycles. The van der Waals surface area contributed by atoms with Crippen molar-refractivity contribution in [2.45, 2.75) is 63.1 Å². The molecule has 0 radical (unpaired) electrons. The van der Waals surface area contributed by atoms with Gasteiger partial charge in [-0.25, -0.2) is 4.39 Å². The van der Waals surface area contributed by atoms with Gasteiger partial charge >= 0.3 is 0 Å². The Morgan fingerprint density at radius 1 is 1.10 bits per heavy atom. The molecule has 1 aromatic carbocycles. The number of fused-ring (bicyclic) bond motifs is 1. The van der Waals surface area contributed by atoms with E-state index in [-0.39, 0.29) is 5.82 Å². The molecule has 3 heteroatoms. The summed E-state index contributed by atoms with van der Waals surface area (Å²) in [5.41, 5.74) is 2.63. The van der Waals surface area contributed by atoms with Gasteiger partial charge in [0, 0.05) is 18.1 Å². The number of piperidine rings is 1. The van der Waals surface area contributed by atoms with Crippen molar-refractivity contribution < 1.29 is 4.39 Å². The third-order valence-corrected chi connectivity index (χ3v) is 5.71. The van der Waals surface area contributed by atoms with Crippen LogP contribution in [-0.2, 0) is 6.42 Å². The molecule has 4 rings (SSSR count). The zero-order valence-electron chi connectivity index (χ0n) is 12.7. The number of aryl methyl sites for hydroxylation is 1. The normalized spacial score (nSPS) is 33.3. The lowest BCUT2D eigenvalue weighted by molar-refractivity contribution is 0.0728. The molecule has 0 saturated carbocycles. The summed E-state index contributed by atoms with van der Waals surface area (Å²) in [4.78, 5) is 2.75. The zero-order valence-corrected chi connectivity index (χ0v) is 12.7. The smallest absolute Gasteiger partial charge is 0.123 e. The van der Waals surface area contributed by atoms with E-state index in [9.17, 15) is 4.39 Å². The van der Waals surface area contributed by atoms with Crippen LogP contribution in [0.15, 0.2) is 18.2 Å². The molecule has 3 atom stereocenters. The first-order chi connectivity index (χ1) is 10.3. The van der Waals surface area contributed by atoms with Gasteiger partial charge in [-0.3, -0.25) is 4.90 Å². The number of benzene rings is 1. The molecule has 3 aliphatic rings. The van der Waals surface area contributed by atoms with Gasteiger partial charge in [0.15, 0.2) is 0 Å². The van der Waals surface area contributed by atoms with Crippen molar-refractivity contribution in [1.82, 2.24) is 10.2 Å². The predicted octanol–water partition coefficient (Wildman–Crippen LogP) is 3.42. The van der Waals surface area contributed by atoms with Crippen LogP contribution in [0.1, 0.15) is 55.7 Å². The first-order valence-electron chi connectivity index (χ1n) is 8.60. The molecule has 2 saturated heterocycles. The molecule has 114 valence electrons. The Morgan fingerprint density at radius 2 is 2.05 bits per heavy atom. The minimum atomic E-state index is -0.0814. The Kier molecular flexibility index (Phi) is 3.72. The Hall–Kier alpha value is -0.930. The van der Waals surface area contributed by atoms with Gasteiger partial charge in [-0.05, 0) is 74.9 Å². The predicted molar refractivity (Wildman–Crippen MR) is 82.8 cm³/mol. The second-order valence-corrected chi connectivity index (χ2v) is 6.90. The van der Waals surface area contributed by atoms with Crippen LogP contribution in [0.25, 0.3) is 0 Å². The molecule has 2 fully saturated rings. The van der Waals surface area contributed by atoms with Crippen LogP contribution >= 0.6 is 0 Å². The lowest BCUT2D eigenvalue weighted by Gasteiger charge is -2.43. The summed E-state index contributed by atoms with van der Waals surface area (Å²) in [7, 11) is 0. The molecule has 2 aliphatic heterocycles. The van der Waals surface area contributed by atoms with Crippen LogP contribution in [0.5, 0.6) is 0 Å². The number of hydrogen-bond acceptors (Lipinski definition) is 2. The highest BCUT2D eigenvalue weighted by Crippen LogP contribution is 2.40. The minimum absolute atomic E-state index is 0.0814. The van der Waals surface area contributed by atoms with Gasteiger partial charge in [0.25, 0.3) is 0 Å². The van der Waals surface area contributed by atoms with E-state index in [1.165, 1.54) is 62.7 Å². The number of likely N-dealkylation sites (tertiary alicyclic amines) is 1.